The fourth-order valence-corrected chi connectivity index (χ4v) is 0.266. The van der Waals surface area contributed by atoms with E-state index in [4.69, 9.17) is 4.74 Å². The molecule has 0 saturated carbocycles. The van der Waals surface area contributed by atoms with E-state index in [-0.39, 0.29) is 0 Å². The molecule has 0 N–H and O–H groups in total. The number of nitrogens with zero attached hydrogens (tertiary/aromatic N) is 1. The first-order chi connectivity index (χ1) is 3.77. The van der Waals surface area contributed by atoms with Crippen molar-refractivity contribution in [2.45, 2.75) is 20.8 Å². The fraction of sp³-hybridized carbons (Fsp3) is 0.833. The molecule has 0 rings (SSSR count). The topological polar surface area (TPSA) is 21.6 Å². The second kappa shape index (κ2) is 4.78. The van der Waals surface area contributed by atoms with Crippen LogP contribution in [0.4, 0.5) is 0 Å². The molecule has 0 aromatic rings. The van der Waals surface area contributed by atoms with Gasteiger partial charge in [-0.05, 0) is 20.8 Å². The second-order valence-corrected chi connectivity index (χ2v) is 1.73. The summed E-state index contributed by atoms with van der Waals surface area (Å²) in [5.74, 6) is 0. The Balaban J connectivity index is 3.03. The molecule has 0 atom stereocenters. The third-order valence-corrected chi connectivity index (χ3v) is 0.676. The zero-order valence-electron chi connectivity index (χ0n) is 5.77. The van der Waals surface area contributed by atoms with Gasteiger partial charge in [-0.25, -0.2) is 0 Å². The van der Waals surface area contributed by atoms with E-state index in [9.17, 15) is 0 Å². The minimum Gasteiger partial charge on any atom is -0.360 e. The van der Waals surface area contributed by atoms with Crippen LogP contribution in [0.15, 0.2) is 4.99 Å². The molecule has 0 amide bonds. The zero-order chi connectivity index (χ0) is 6.41. The summed E-state index contributed by atoms with van der Waals surface area (Å²) in [7, 11) is 0. The van der Waals surface area contributed by atoms with Crippen LogP contribution in [0.2, 0.25) is 0 Å². The Morgan fingerprint density at radius 3 is 2.50 bits per heavy atom. The molecule has 8 heavy (non-hydrogen) atoms. The van der Waals surface area contributed by atoms with Crippen molar-refractivity contribution in [3.05, 3.63) is 0 Å². The summed E-state index contributed by atoms with van der Waals surface area (Å²) in [5, 5.41) is 0. The Labute approximate surface area is 50.6 Å². The number of aliphatic imine (C=N–C) groups is 1. The Kier molecular flexibility index (Phi) is 4.56. The molecule has 0 bridgehead atoms. The van der Waals surface area contributed by atoms with E-state index in [1.165, 1.54) is 0 Å². The molecule has 0 aliphatic carbocycles. The molecular formula is C6H13NO. The van der Waals surface area contributed by atoms with Crippen LogP contribution in [-0.2, 0) is 4.74 Å². The molecule has 0 unspecified atom stereocenters. The summed E-state index contributed by atoms with van der Waals surface area (Å²) in [6.45, 7) is 7.13. The maximum atomic E-state index is 4.96. The molecular weight excluding hydrogens is 102 g/mol. The van der Waals surface area contributed by atoms with Crippen LogP contribution in [0.5, 0.6) is 0 Å². The highest BCUT2D eigenvalue weighted by atomic mass is 16.5. The summed E-state index contributed by atoms with van der Waals surface area (Å²) in [4.78, 5) is 4.01. The maximum absolute atomic E-state index is 4.96. The lowest BCUT2D eigenvalue weighted by Gasteiger charge is -1.92. The van der Waals surface area contributed by atoms with E-state index in [0.717, 1.165) is 12.3 Å². The van der Waals surface area contributed by atoms with Gasteiger partial charge in [0.25, 0.3) is 0 Å². The van der Waals surface area contributed by atoms with Crippen LogP contribution in [0.3, 0.4) is 0 Å². The van der Waals surface area contributed by atoms with E-state index in [2.05, 4.69) is 4.99 Å². The molecule has 0 aliphatic rings. The number of ether oxygens (including phenoxy) is 1. The van der Waals surface area contributed by atoms with Gasteiger partial charge < -0.3 is 4.74 Å². The summed E-state index contributed by atoms with van der Waals surface area (Å²) in [6, 6.07) is 0. The van der Waals surface area contributed by atoms with Crippen LogP contribution in [-0.4, -0.2) is 19.0 Å². The predicted octanol–water partition coefficient (Wildman–Crippen LogP) is 1.46. The standard InChI is InChI=1S/C6H13NO/c1-4-8-5-7-6(2)3/h4-5H2,1-3H3. The van der Waals surface area contributed by atoms with Crippen LogP contribution >= 0.6 is 0 Å². The molecule has 0 saturated heterocycles. The lowest BCUT2D eigenvalue weighted by molar-refractivity contribution is 0.156. The van der Waals surface area contributed by atoms with Crippen molar-refractivity contribution in [2.75, 3.05) is 13.3 Å². The van der Waals surface area contributed by atoms with Crippen molar-refractivity contribution in [1.82, 2.24) is 0 Å². The second-order valence-electron chi connectivity index (χ2n) is 1.73. The molecule has 0 heterocycles. The molecule has 2 heteroatoms. The summed E-state index contributed by atoms with van der Waals surface area (Å²) in [6.07, 6.45) is 0. The molecule has 0 aromatic heterocycles. The highest BCUT2D eigenvalue weighted by Crippen LogP contribution is 1.77. The maximum Gasteiger partial charge on any atom is 0.137 e. The average molecular weight is 115 g/mol. The minimum atomic E-state index is 0.513. The van der Waals surface area contributed by atoms with Gasteiger partial charge in [0.05, 0.1) is 0 Å². The van der Waals surface area contributed by atoms with Crippen LogP contribution in [0.1, 0.15) is 20.8 Å². The first kappa shape index (κ1) is 7.63. The lowest BCUT2D eigenvalue weighted by atomic mass is 10.5. The van der Waals surface area contributed by atoms with Crippen molar-refractivity contribution < 1.29 is 4.74 Å². The van der Waals surface area contributed by atoms with Crippen LogP contribution in [0, 0.1) is 0 Å². The lowest BCUT2D eigenvalue weighted by Crippen LogP contribution is -1.91. The molecule has 0 radical (unpaired) electrons. The van der Waals surface area contributed by atoms with Gasteiger partial charge in [-0.1, -0.05) is 0 Å². The van der Waals surface area contributed by atoms with E-state index in [0.29, 0.717) is 6.73 Å². The van der Waals surface area contributed by atoms with E-state index < -0.39 is 0 Å². The minimum absolute atomic E-state index is 0.513. The third-order valence-electron chi connectivity index (χ3n) is 0.676. The van der Waals surface area contributed by atoms with Crippen molar-refractivity contribution in [1.29, 1.82) is 0 Å². The number of hydrogen-bond donors (Lipinski definition) is 0. The van der Waals surface area contributed by atoms with Crippen molar-refractivity contribution in [3.63, 3.8) is 0 Å². The van der Waals surface area contributed by atoms with Gasteiger partial charge in [-0.3, -0.25) is 4.99 Å². The highest BCUT2D eigenvalue weighted by molar-refractivity contribution is 5.78. The molecule has 0 aromatic carbocycles. The Morgan fingerprint density at radius 1 is 1.50 bits per heavy atom. The smallest absolute Gasteiger partial charge is 0.137 e. The Bertz CT molecular complexity index is 74.6. The van der Waals surface area contributed by atoms with Gasteiger partial charge in [0, 0.05) is 12.3 Å². The average Bonchev–Trinajstić information content (AvgIpc) is 1.66. The van der Waals surface area contributed by atoms with E-state index in [1.807, 2.05) is 20.8 Å². The summed E-state index contributed by atoms with van der Waals surface area (Å²) < 4.78 is 4.96. The molecule has 0 spiro atoms. The highest BCUT2D eigenvalue weighted by Gasteiger charge is 1.76. The molecule has 48 valence electrons. The van der Waals surface area contributed by atoms with Gasteiger partial charge in [-0.15, -0.1) is 0 Å². The van der Waals surface area contributed by atoms with Gasteiger partial charge in [0.2, 0.25) is 0 Å². The quantitative estimate of drug-likeness (QED) is 0.403. The normalized spacial score (nSPS) is 8.88. The first-order valence-corrected chi connectivity index (χ1v) is 2.82. The van der Waals surface area contributed by atoms with E-state index >= 15 is 0 Å². The van der Waals surface area contributed by atoms with Gasteiger partial charge in [0.15, 0.2) is 0 Å². The molecule has 0 aliphatic heterocycles. The molecule has 0 fully saturated rings. The monoisotopic (exact) mass is 115 g/mol. The SMILES string of the molecule is CCOCN=C(C)C. The van der Waals surface area contributed by atoms with Crippen molar-refractivity contribution in [3.8, 4) is 0 Å². The summed E-state index contributed by atoms with van der Waals surface area (Å²) in [5.41, 5.74) is 1.07. The Hall–Kier alpha value is -0.370. The third kappa shape index (κ3) is 5.63. The first-order valence-electron chi connectivity index (χ1n) is 2.82. The van der Waals surface area contributed by atoms with Crippen LogP contribution < -0.4 is 0 Å². The predicted molar refractivity (Wildman–Crippen MR) is 35.3 cm³/mol. The Morgan fingerprint density at radius 2 is 2.12 bits per heavy atom. The van der Waals surface area contributed by atoms with E-state index in [1.54, 1.807) is 0 Å². The van der Waals surface area contributed by atoms with Gasteiger partial charge in [-0.2, -0.15) is 0 Å². The zero-order valence-corrected chi connectivity index (χ0v) is 5.77. The van der Waals surface area contributed by atoms with Gasteiger partial charge >= 0.3 is 0 Å². The van der Waals surface area contributed by atoms with Gasteiger partial charge in [0.1, 0.15) is 6.73 Å². The summed E-state index contributed by atoms with van der Waals surface area (Å²) >= 11 is 0. The number of rotatable bonds is 3. The number of hydrogen-bond acceptors (Lipinski definition) is 2. The van der Waals surface area contributed by atoms with Crippen LogP contribution in [0.25, 0.3) is 0 Å². The largest absolute Gasteiger partial charge is 0.360 e. The molecule has 2 nitrogen and oxygen atoms in total. The van der Waals surface area contributed by atoms with Crippen molar-refractivity contribution >= 4 is 5.71 Å². The van der Waals surface area contributed by atoms with Crippen molar-refractivity contribution in [2.24, 2.45) is 4.99 Å². The fourth-order valence-electron chi connectivity index (χ4n) is 0.266.